The monoisotopic (exact) mass is 376 g/mol. The number of carbonyl (C=O) groups excluding carboxylic acids is 2. The molecule has 1 aromatic heterocycles. The van der Waals surface area contributed by atoms with Gasteiger partial charge in [-0.05, 0) is 42.5 Å². The summed E-state index contributed by atoms with van der Waals surface area (Å²) in [7, 11) is 0. The van der Waals surface area contributed by atoms with Crippen molar-refractivity contribution in [3.8, 4) is 23.0 Å². The fourth-order valence-corrected chi connectivity index (χ4v) is 2.92. The van der Waals surface area contributed by atoms with E-state index in [4.69, 9.17) is 23.4 Å². The molecule has 138 valence electrons. The van der Waals surface area contributed by atoms with Crippen molar-refractivity contribution >= 4 is 17.8 Å². The van der Waals surface area contributed by atoms with Gasteiger partial charge in [-0.2, -0.15) is 0 Å². The fraction of sp³-hybridized carbons (Fsp3) is 0.0476. The lowest BCUT2D eigenvalue weighted by Crippen LogP contribution is -2.08. The summed E-state index contributed by atoms with van der Waals surface area (Å²) in [5, 5.41) is 0. The molecule has 7 heteroatoms. The van der Waals surface area contributed by atoms with E-state index in [1.54, 1.807) is 42.5 Å². The topological polar surface area (TPSA) is 84.2 Å². The van der Waals surface area contributed by atoms with Crippen LogP contribution in [0.4, 0.5) is 0 Å². The van der Waals surface area contributed by atoms with E-state index in [2.05, 4.69) is 0 Å². The van der Waals surface area contributed by atoms with Gasteiger partial charge in [0.1, 0.15) is 17.3 Å². The summed E-state index contributed by atoms with van der Waals surface area (Å²) in [6.07, 6.45) is 3.02. The Morgan fingerprint density at radius 1 is 1.00 bits per heavy atom. The summed E-state index contributed by atoms with van der Waals surface area (Å²) in [6, 6.07) is 12.8. The molecule has 3 aromatic rings. The van der Waals surface area contributed by atoms with Gasteiger partial charge in [-0.15, -0.1) is 0 Å². The molecule has 2 aromatic carbocycles. The molecule has 0 radical (unpaired) electrons. The van der Waals surface area contributed by atoms with Crippen molar-refractivity contribution in [2.45, 2.75) is 0 Å². The second-order valence-corrected chi connectivity index (χ2v) is 6.07. The van der Waals surface area contributed by atoms with Crippen LogP contribution in [0.5, 0.6) is 23.0 Å². The summed E-state index contributed by atoms with van der Waals surface area (Å²) in [5.41, 5.74) is 0.709. The van der Waals surface area contributed by atoms with Gasteiger partial charge in [-0.1, -0.05) is 0 Å². The maximum Gasteiger partial charge on any atom is 0.343 e. The molecule has 0 bridgehead atoms. The number of allylic oxidation sites excluding steroid dienone is 1. The highest BCUT2D eigenvalue weighted by molar-refractivity contribution is 6.14. The minimum atomic E-state index is -0.561. The molecule has 28 heavy (non-hydrogen) atoms. The van der Waals surface area contributed by atoms with Gasteiger partial charge in [0.05, 0.1) is 17.4 Å². The first-order chi connectivity index (χ1) is 13.7. The fourth-order valence-electron chi connectivity index (χ4n) is 2.92. The van der Waals surface area contributed by atoms with Crippen LogP contribution in [0.1, 0.15) is 26.5 Å². The van der Waals surface area contributed by atoms with Crippen molar-refractivity contribution in [2.75, 3.05) is 6.79 Å². The van der Waals surface area contributed by atoms with E-state index in [-0.39, 0.29) is 24.1 Å². The lowest BCUT2D eigenvalue weighted by atomic mass is 10.1. The van der Waals surface area contributed by atoms with Crippen LogP contribution in [-0.4, -0.2) is 18.5 Å². The standard InChI is InChI=1S/C21H12O7/c22-20-15-5-4-14(10-17(15)28-19(20)9-13-2-1-7-24-13)27-21(23)12-3-6-16-18(8-12)26-11-25-16/h1-10H,11H2/b19-9-. The third kappa shape index (κ3) is 2.79. The average Bonchev–Trinajstić information content (AvgIpc) is 3.43. The molecule has 3 heterocycles. The number of fused-ring (bicyclic) bond motifs is 2. The molecule has 2 aliphatic rings. The van der Waals surface area contributed by atoms with Crippen molar-refractivity contribution < 1.29 is 33.0 Å². The van der Waals surface area contributed by atoms with Crippen LogP contribution in [0.3, 0.4) is 0 Å². The molecule has 0 fully saturated rings. The van der Waals surface area contributed by atoms with E-state index in [0.717, 1.165) is 0 Å². The Kier molecular flexibility index (Phi) is 3.65. The van der Waals surface area contributed by atoms with Crippen molar-refractivity contribution in [1.82, 2.24) is 0 Å². The van der Waals surface area contributed by atoms with Crippen LogP contribution in [0.15, 0.2) is 65.0 Å². The second kappa shape index (κ2) is 6.31. The van der Waals surface area contributed by atoms with E-state index in [1.165, 1.54) is 18.4 Å². The molecule has 7 nitrogen and oxygen atoms in total. The zero-order valence-electron chi connectivity index (χ0n) is 14.3. The summed E-state index contributed by atoms with van der Waals surface area (Å²) in [4.78, 5) is 24.8. The van der Waals surface area contributed by atoms with Crippen LogP contribution in [0, 0.1) is 0 Å². The van der Waals surface area contributed by atoms with Gasteiger partial charge in [0.15, 0.2) is 17.3 Å². The van der Waals surface area contributed by atoms with Crippen LogP contribution in [0.2, 0.25) is 0 Å². The van der Waals surface area contributed by atoms with Gasteiger partial charge in [-0.3, -0.25) is 4.79 Å². The van der Waals surface area contributed by atoms with Gasteiger partial charge in [-0.25, -0.2) is 4.79 Å². The number of carbonyl (C=O) groups is 2. The summed E-state index contributed by atoms with van der Waals surface area (Å²) >= 11 is 0. The van der Waals surface area contributed by atoms with E-state index < -0.39 is 5.97 Å². The second-order valence-electron chi connectivity index (χ2n) is 6.07. The molecular formula is C21H12O7. The Bertz CT molecular complexity index is 1130. The number of Topliss-reactive ketones (excluding diaryl/α,β-unsaturated/α-hetero) is 1. The predicted molar refractivity (Wildman–Crippen MR) is 95.6 cm³/mol. The van der Waals surface area contributed by atoms with Gasteiger partial charge in [0.2, 0.25) is 12.6 Å². The Labute approximate surface area is 158 Å². The first-order valence-electron chi connectivity index (χ1n) is 8.41. The number of benzene rings is 2. The largest absolute Gasteiger partial charge is 0.465 e. The molecule has 0 spiro atoms. The van der Waals surface area contributed by atoms with Crippen LogP contribution >= 0.6 is 0 Å². The third-order valence-electron chi connectivity index (χ3n) is 4.28. The molecular weight excluding hydrogens is 364 g/mol. The van der Waals surface area contributed by atoms with E-state index in [9.17, 15) is 9.59 Å². The highest BCUT2D eigenvalue weighted by atomic mass is 16.7. The normalized spacial score (nSPS) is 15.4. The number of ether oxygens (including phenoxy) is 4. The number of ketones is 1. The SMILES string of the molecule is O=C(Oc1ccc2c(c1)O/C(=C\c1ccco1)C2=O)c1ccc2c(c1)OCO2. The van der Waals surface area contributed by atoms with E-state index >= 15 is 0 Å². The van der Waals surface area contributed by atoms with Crippen molar-refractivity contribution in [3.05, 3.63) is 77.4 Å². The molecule has 5 rings (SSSR count). The summed E-state index contributed by atoms with van der Waals surface area (Å²) in [6.45, 7) is 0.123. The maximum atomic E-state index is 12.4. The van der Waals surface area contributed by atoms with Crippen LogP contribution in [-0.2, 0) is 0 Å². The first-order valence-corrected chi connectivity index (χ1v) is 8.41. The predicted octanol–water partition coefficient (Wildman–Crippen LogP) is 3.84. The molecule has 0 atom stereocenters. The Morgan fingerprint density at radius 2 is 1.89 bits per heavy atom. The maximum absolute atomic E-state index is 12.4. The van der Waals surface area contributed by atoms with Crippen molar-refractivity contribution in [1.29, 1.82) is 0 Å². The highest BCUT2D eigenvalue weighted by Gasteiger charge is 2.28. The Balaban J connectivity index is 1.36. The number of furan rings is 1. The van der Waals surface area contributed by atoms with Gasteiger partial charge < -0.3 is 23.4 Å². The molecule has 0 aliphatic carbocycles. The minimum Gasteiger partial charge on any atom is -0.465 e. The average molecular weight is 376 g/mol. The lowest BCUT2D eigenvalue weighted by molar-refractivity contribution is 0.0734. The van der Waals surface area contributed by atoms with Gasteiger partial charge in [0, 0.05) is 12.1 Å². The number of hydrogen-bond donors (Lipinski definition) is 0. The molecule has 2 aliphatic heterocycles. The van der Waals surface area contributed by atoms with Crippen LogP contribution < -0.4 is 18.9 Å². The Hall–Kier alpha value is -4.00. The van der Waals surface area contributed by atoms with Crippen molar-refractivity contribution in [3.63, 3.8) is 0 Å². The number of rotatable bonds is 3. The molecule has 0 N–H and O–H groups in total. The minimum absolute atomic E-state index is 0.123. The molecule has 0 saturated heterocycles. The van der Waals surface area contributed by atoms with Gasteiger partial charge >= 0.3 is 5.97 Å². The third-order valence-corrected chi connectivity index (χ3v) is 4.28. The van der Waals surface area contributed by atoms with Gasteiger partial charge in [0.25, 0.3) is 0 Å². The molecule has 0 saturated carbocycles. The zero-order chi connectivity index (χ0) is 19.1. The zero-order valence-corrected chi connectivity index (χ0v) is 14.3. The lowest BCUT2D eigenvalue weighted by Gasteiger charge is -2.06. The first kappa shape index (κ1) is 16.2. The summed E-state index contributed by atoms with van der Waals surface area (Å²) < 4.78 is 26.7. The number of hydrogen-bond acceptors (Lipinski definition) is 7. The quantitative estimate of drug-likeness (QED) is 0.390. The Morgan fingerprint density at radius 3 is 2.75 bits per heavy atom. The molecule has 0 unspecified atom stereocenters. The van der Waals surface area contributed by atoms with E-state index in [0.29, 0.717) is 34.1 Å². The highest BCUT2D eigenvalue weighted by Crippen LogP contribution is 2.36. The van der Waals surface area contributed by atoms with E-state index in [1.807, 2.05) is 0 Å². The smallest absolute Gasteiger partial charge is 0.343 e. The summed E-state index contributed by atoms with van der Waals surface area (Å²) in [5.74, 6) is 1.47. The number of esters is 1. The van der Waals surface area contributed by atoms with Crippen LogP contribution in [0.25, 0.3) is 6.08 Å². The molecule has 0 amide bonds. The van der Waals surface area contributed by atoms with Crippen molar-refractivity contribution in [2.24, 2.45) is 0 Å².